The Morgan fingerprint density at radius 1 is 0.870 bits per heavy atom. The molecule has 6 nitrogen and oxygen atoms in total. The summed E-state index contributed by atoms with van der Waals surface area (Å²) >= 11 is 12.9. The molecule has 2 N–H and O–H groups in total. The lowest BCUT2D eigenvalue weighted by atomic mass is 9.78. The summed E-state index contributed by atoms with van der Waals surface area (Å²) in [7, 11) is 1.70. The van der Waals surface area contributed by atoms with Gasteiger partial charge in [-0.2, -0.15) is 0 Å². The Morgan fingerprint density at radius 2 is 1.54 bits per heavy atom. The van der Waals surface area contributed by atoms with Crippen LogP contribution in [0.25, 0.3) is 22.0 Å². The Labute approximate surface area is 283 Å². The topological polar surface area (TPSA) is 63.7 Å². The molecule has 2 aliphatic rings. The second-order valence-corrected chi connectivity index (χ2v) is 14.0. The van der Waals surface area contributed by atoms with Crippen LogP contribution >= 0.6 is 23.2 Å². The smallest absolute Gasteiger partial charge is 0.152 e. The number of ether oxygens (including phenoxy) is 1. The molecule has 0 amide bonds. The highest BCUT2D eigenvalue weighted by Gasteiger charge is 2.34. The van der Waals surface area contributed by atoms with Gasteiger partial charge in [0.05, 0.1) is 12.6 Å². The van der Waals surface area contributed by atoms with Crippen LogP contribution < -0.4 is 10.5 Å². The van der Waals surface area contributed by atoms with Gasteiger partial charge in [0.2, 0.25) is 0 Å². The van der Waals surface area contributed by atoms with Gasteiger partial charge in [-0.25, -0.2) is 0 Å². The Morgan fingerprint density at radius 3 is 2.22 bits per heavy atom. The van der Waals surface area contributed by atoms with E-state index in [0.717, 1.165) is 106 Å². The van der Waals surface area contributed by atoms with Gasteiger partial charge in [0.15, 0.2) is 5.78 Å². The highest BCUT2D eigenvalue weighted by Crippen LogP contribution is 2.34. The lowest BCUT2D eigenvalue weighted by molar-refractivity contribution is -0.125. The zero-order valence-electron chi connectivity index (χ0n) is 26.9. The molecule has 0 atom stereocenters. The minimum absolute atomic E-state index is 0.252. The van der Waals surface area contributed by atoms with Crippen LogP contribution in [-0.2, 0) is 24.4 Å². The molecule has 0 unspecified atom stereocenters. The van der Waals surface area contributed by atoms with Gasteiger partial charge in [0, 0.05) is 90.5 Å². The van der Waals surface area contributed by atoms with Crippen LogP contribution in [-0.4, -0.2) is 59.0 Å². The molecule has 0 spiro atoms. The number of fused-ring (bicyclic) bond motifs is 1. The molecule has 4 aromatic rings. The van der Waals surface area contributed by atoms with Crippen molar-refractivity contribution in [3.8, 4) is 16.9 Å². The summed E-state index contributed by atoms with van der Waals surface area (Å²) in [6, 6.07) is 21.0. The number of benzene rings is 3. The van der Waals surface area contributed by atoms with E-state index in [4.69, 9.17) is 33.7 Å². The summed E-state index contributed by atoms with van der Waals surface area (Å²) in [5.74, 6) is 1.10. The summed E-state index contributed by atoms with van der Waals surface area (Å²) in [6.07, 6.45) is 9.68. The maximum Gasteiger partial charge on any atom is 0.152 e. The number of carbonyl (C=O) groups is 1. The summed E-state index contributed by atoms with van der Waals surface area (Å²) in [6.45, 7) is 6.50. The second kappa shape index (κ2) is 14.9. The molecular weight excluding hydrogens is 615 g/mol. The van der Waals surface area contributed by atoms with E-state index in [1.807, 2.05) is 30.3 Å². The number of piperazine rings is 1. The van der Waals surface area contributed by atoms with E-state index in [-0.39, 0.29) is 5.78 Å². The lowest BCUT2D eigenvalue weighted by Crippen LogP contribution is -2.49. The standard InChI is InChI=1S/C38H46Cl2N4O2/c1-46-30-14-12-29(13-15-30)32-27-44(19-6-3-10-37(45)38(41)17-4-2-5-18-38)36-16-11-28(24-31(32)36)25-42-20-22-43(23-21-42)26-33-34(39)8-7-9-35(33)40/h7-9,11-16,24,27H,2-6,10,17-23,25-26,41H2,1H3. The number of hydrogen-bond acceptors (Lipinski definition) is 5. The number of ketones is 1. The van der Waals surface area contributed by atoms with Crippen LogP contribution in [0.15, 0.2) is 66.9 Å². The van der Waals surface area contributed by atoms with Gasteiger partial charge in [-0.05, 0) is 73.2 Å². The Hall–Kier alpha value is -2.87. The number of nitrogens with two attached hydrogens (primary N) is 1. The fourth-order valence-corrected chi connectivity index (χ4v) is 7.69. The summed E-state index contributed by atoms with van der Waals surface area (Å²) in [4.78, 5) is 17.9. The minimum Gasteiger partial charge on any atom is -0.497 e. The second-order valence-electron chi connectivity index (χ2n) is 13.2. The van der Waals surface area contributed by atoms with E-state index in [0.29, 0.717) is 6.42 Å². The van der Waals surface area contributed by atoms with E-state index in [2.05, 4.69) is 50.9 Å². The molecule has 1 aliphatic heterocycles. The van der Waals surface area contributed by atoms with E-state index in [1.165, 1.54) is 34.0 Å². The average Bonchev–Trinajstić information content (AvgIpc) is 3.43. The zero-order valence-corrected chi connectivity index (χ0v) is 28.5. The molecule has 2 fully saturated rings. The van der Waals surface area contributed by atoms with Crippen LogP contribution in [0.2, 0.25) is 10.0 Å². The quantitative estimate of drug-likeness (QED) is 0.155. The number of unbranched alkanes of at least 4 members (excludes halogenated alkanes) is 1. The normalized spacial score (nSPS) is 17.4. The number of Topliss-reactive ketones (excluding diaryl/α,β-unsaturated/α-hetero) is 1. The maximum atomic E-state index is 13.0. The monoisotopic (exact) mass is 660 g/mol. The molecule has 1 aromatic heterocycles. The molecule has 46 heavy (non-hydrogen) atoms. The predicted molar refractivity (Wildman–Crippen MR) is 190 cm³/mol. The van der Waals surface area contributed by atoms with Crippen LogP contribution in [0.1, 0.15) is 62.5 Å². The molecule has 0 bridgehead atoms. The lowest BCUT2D eigenvalue weighted by Gasteiger charge is -2.35. The number of rotatable bonds is 12. The van der Waals surface area contributed by atoms with Gasteiger partial charge in [-0.1, -0.05) is 66.7 Å². The van der Waals surface area contributed by atoms with Crippen molar-refractivity contribution >= 4 is 39.9 Å². The van der Waals surface area contributed by atoms with Crippen molar-refractivity contribution in [2.24, 2.45) is 5.73 Å². The first kappa shape index (κ1) is 33.0. The molecule has 244 valence electrons. The first-order valence-electron chi connectivity index (χ1n) is 16.8. The molecule has 2 heterocycles. The first-order chi connectivity index (χ1) is 22.3. The largest absolute Gasteiger partial charge is 0.497 e. The van der Waals surface area contributed by atoms with Gasteiger partial charge in [0.25, 0.3) is 0 Å². The van der Waals surface area contributed by atoms with Gasteiger partial charge in [-0.15, -0.1) is 0 Å². The van der Waals surface area contributed by atoms with Crippen molar-refractivity contribution < 1.29 is 9.53 Å². The van der Waals surface area contributed by atoms with E-state index < -0.39 is 5.54 Å². The molecule has 3 aromatic carbocycles. The number of aromatic nitrogens is 1. The fraction of sp³-hybridized carbons (Fsp3) is 0.447. The molecule has 8 heteroatoms. The SMILES string of the molecule is COc1ccc(-c2cn(CCCCC(=O)C3(N)CCCCC3)c3ccc(CN4CCN(Cc5c(Cl)cccc5Cl)CC4)cc23)cc1. The number of nitrogens with zero attached hydrogens (tertiary/aromatic N) is 3. The van der Waals surface area contributed by atoms with Crippen molar-refractivity contribution in [2.75, 3.05) is 33.3 Å². The predicted octanol–water partition coefficient (Wildman–Crippen LogP) is 8.34. The summed E-state index contributed by atoms with van der Waals surface area (Å²) in [5.41, 5.74) is 11.9. The Bertz CT molecular complexity index is 1620. The number of hydrogen-bond donors (Lipinski definition) is 1. The molecule has 1 saturated carbocycles. The highest BCUT2D eigenvalue weighted by atomic mass is 35.5. The fourth-order valence-electron chi connectivity index (χ4n) is 7.18. The van der Waals surface area contributed by atoms with E-state index in [1.54, 1.807) is 7.11 Å². The molecule has 1 aliphatic carbocycles. The van der Waals surface area contributed by atoms with Crippen LogP contribution in [0.4, 0.5) is 0 Å². The van der Waals surface area contributed by atoms with Crippen molar-refractivity contribution in [1.29, 1.82) is 0 Å². The van der Waals surface area contributed by atoms with Crippen molar-refractivity contribution in [2.45, 2.75) is 76.5 Å². The van der Waals surface area contributed by atoms with Crippen molar-refractivity contribution in [3.63, 3.8) is 0 Å². The van der Waals surface area contributed by atoms with E-state index in [9.17, 15) is 4.79 Å². The third kappa shape index (κ3) is 7.64. The highest BCUT2D eigenvalue weighted by molar-refractivity contribution is 6.36. The molecular formula is C38H46Cl2N4O2. The number of halogens is 2. The van der Waals surface area contributed by atoms with Gasteiger partial charge in [0.1, 0.15) is 5.75 Å². The number of aryl methyl sites for hydroxylation is 1. The molecule has 0 radical (unpaired) electrons. The minimum atomic E-state index is -0.591. The number of carbonyl (C=O) groups excluding carboxylic acids is 1. The number of methoxy groups -OCH3 is 1. The Kier molecular flexibility index (Phi) is 10.7. The summed E-state index contributed by atoms with van der Waals surface area (Å²) in [5, 5.41) is 2.73. The average molecular weight is 662 g/mol. The first-order valence-corrected chi connectivity index (χ1v) is 17.5. The third-order valence-corrected chi connectivity index (χ3v) is 10.7. The zero-order chi connectivity index (χ0) is 32.1. The van der Waals surface area contributed by atoms with Gasteiger partial charge < -0.3 is 15.0 Å². The maximum absolute atomic E-state index is 13.0. The van der Waals surface area contributed by atoms with Crippen molar-refractivity contribution in [3.05, 3.63) is 88.0 Å². The third-order valence-electron chi connectivity index (χ3n) is 10.0. The van der Waals surface area contributed by atoms with Gasteiger partial charge in [-0.3, -0.25) is 14.6 Å². The molecule has 6 rings (SSSR count). The van der Waals surface area contributed by atoms with Crippen LogP contribution in [0.3, 0.4) is 0 Å². The Balaban J connectivity index is 1.13. The van der Waals surface area contributed by atoms with Crippen LogP contribution in [0.5, 0.6) is 5.75 Å². The van der Waals surface area contributed by atoms with Crippen LogP contribution in [0, 0.1) is 0 Å². The van der Waals surface area contributed by atoms with E-state index >= 15 is 0 Å². The molecule has 1 saturated heterocycles. The summed E-state index contributed by atoms with van der Waals surface area (Å²) < 4.78 is 7.79. The van der Waals surface area contributed by atoms with Gasteiger partial charge >= 0.3 is 0 Å². The van der Waals surface area contributed by atoms with Crippen molar-refractivity contribution in [1.82, 2.24) is 14.4 Å².